The van der Waals surface area contributed by atoms with Crippen LogP contribution in [0, 0.1) is 0 Å². The number of carbonyl (C=O) groups excluding carboxylic acids is 1. The smallest absolute Gasteiger partial charge is 0.248 e. The highest BCUT2D eigenvalue weighted by Crippen LogP contribution is 2.23. The molecular formula is C16H21NO. The number of benzene rings is 1. The molecule has 1 aromatic carbocycles. The van der Waals surface area contributed by atoms with Crippen LogP contribution in [0.25, 0.3) is 0 Å². The van der Waals surface area contributed by atoms with E-state index in [0.29, 0.717) is 0 Å². The summed E-state index contributed by atoms with van der Waals surface area (Å²) in [5.41, 5.74) is 2.21. The second-order valence-corrected chi connectivity index (χ2v) is 5.20. The molecular weight excluding hydrogens is 222 g/mol. The van der Waals surface area contributed by atoms with E-state index in [4.69, 9.17) is 0 Å². The normalized spacial score (nSPS) is 12.2. The fraction of sp³-hybridized carbons (Fsp3) is 0.312. The maximum atomic E-state index is 11.5. The summed E-state index contributed by atoms with van der Waals surface area (Å²) in [4.78, 5) is 11.5. The minimum atomic E-state index is -0.114. The van der Waals surface area contributed by atoms with Gasteiger partial charge in [0.15, 0.2) is 0 Å². The van der Waals surface area contributed by atoms with Crippen LogP contribution in [0.4, 0.5) is 5.69 Å². The molecule has 0 aromatic heterocycles. The quantitative estimate of drug-likeness (QED) is 0.629. The van der Waals surface area contributed by atoms with E-state index in [0.717, 1.165) is 5.69 Å². The molecule has 1 rings (SSSR count). The van der Waals surface area contributed by atoms with E-state index in [1.807, 2.05) is 43.3 Å². The van der Waals surface area contributed by atoms with E-state index in [1.54, 1.807) is 6.08 Å². The number of hydrogen-bond acceptors (Lipinski definition) is 1. The first-order valence-electron chi connectivity index (χ1n) is 6.14. The molecule has 0 bridgehead atoms. The summed E-state index contributed by atoms with van der Waals surface area (Å²) in [5, 5.41) is 2.82. The zero-order valence-corrected chi connectivity index (χ0v) is 11.5. The van der Waals surface area contributed by atoms with Crippen molar-refractivity contribution >= 4 is 11.6 Å². The summed E-state index contributed by atoms with van der Waals surface area (Å²) in [6.07, 6.45) is 6.93. The summed E-state index contributed by atoms with van der Waals surface area (Å²) >= 11 is 0. The molecule has 0 saturated heterocycles. The van der Waals surface area contributed by atoms with Gasteiger partial charge in [0.25, 0.3) is 0 Å². The highest BCUT2D eigenvalue weighted by Gasteiger charge is 2.12. The third kappa shape index (κ3) is 4.58. The van der Waals surface area contributed by atoms with Crippen LogP contribution < -0.4 is 5.32 Å². The first-order chi connectivity index (χ1) is 8.43. The van der Waals surface area contributed by atoms with Crippen molar-refractivity contribution in [3.05, 3.63) is 54.1 Å². The summed E-state index contributed by atoms with van der Waals surface area (Å²) in [5.74, 6) is -0.114. The minimum Gasteiger partial charge on any atom is -0.323 e. The lowest BCUT2D eigenvalue weighted by Gasteiger charge is -2.19. The van der Waals surface area contributed by atoms with Crippen LogP contribution in [-0.2, 0) is 10.2 Å². The lowest BCUT2D eigenvalue weighted by Crippen LogP contribution is -2.12. The van der Waals surface area contributed by atoms with Crippen molar-refractivity contribution in [1.29, 1.82) is 0 Å². The third-order valence-corrected chi connectivity index (χ3v) is 2.57. The van der Waals surface area contributed by atoms with Gasteiger partial charge in [0, 0.05) is 11.8 Å². The van der Waals surface area contributed by atoms with Crippen molar-refractivity contribution in [2.24, 2.45) is 0 Å². The predicted octanol–water partition coefficient (Wildman–Crippen LogP) is 4.05. The Kier molecular flexibility index (Phi) is 4.90. The maximum absolute atomic E-state index is 11.5. The zero-order chi connectivity index (χ0) is 13.6. The first kappa shape index (κ1) is 14.2. The molecule has 0 unspecified atom stereocenters. The number of allylic oxidation sites excluding steroid dienone is 3. The summed E-state index contributed by atoms with van der Waals surface area (Å²) in [6.45, 7) is 8.41. The summed E-state index contributed by atoms with van der Waals surface area (Å²) in [6, 6.07) is 7.96. The lowest BCUT2D eigenvalue weighted by atomic mass is 9.87. The third-order valence-electron chi connectivity index (χ3n) is 2.57. The van der Waals surface area contributed by atoms with Gasteiger partial charge in [0.2, 0.25) is 5.91 Å². The molecule has 1 aromatic rings. The van der Waals surface area contributed by atoms with Crippen molar-refractivity contribution < 1.29 is 4.79 Å². The Morgan fingerprint density at radius 2 is 1.72 bits per heavy atom. The minimum absolute atomic E-state index is 0.114. The monoisotopic (exact) mass is 243 g/mol. The molecule has 1 N–H and O–H groups in total. The van der Waals surface area contributed by atoms with Crippen molar-refractivity contribution in [1.82, 2.24) is 0 Å². The van der Waals surface area contributed by atoms with Gasteiger partial charge in [-0.2, -0.15) is 0 Å². The summed E-state index contributed by atoms with van der Waals surface area (Å²) < 4.78 is 0. The summed E-state index contributed by atoms with van der Waals surface area (Å²) in [7, 11) is 0. The highest BCUT2D eigenvalue weighted by atomic mass is 16.1. The molecule has 0 aliphatic heterocycles. The second-order valence-electron chi connectivity index (χ2n) is 5.20. The number of rotatable bonds is 3. The van der Waals surface area contributed by atoms with E-state index in [2.05, 4.69) is 26.1 Å². The number of carbonyl (C=O) groups is 1. The average molecular weight is 243 g/mol. The highest BCUT2D eigenvalue weighted by molar-refractivity contribution is 5.99. The lowest BCUT2D eigenvalue weighted by molar-refractivity contribution is -0.111. The van der Waals surface area contributed by atoms with E-state index in [1.165, 1.54) is 11.6 Å². The number of amides is 1. The molecule has 0 spiro atoms. The standard InChI is InChI=1S/C16H21NO/c1-5-6-7-8-15(18)17-14-11-9-13(10-12-14)16(2,3)4/h5-12H,1-4H3,(H,17,18). The molecule has 0 saturated carbocycles. The van der Waals surface area contributed by atoms with E-state index in [9.17, 15) is 4.79 Å². The van der Waals surface area contributed by atoms with Crippen LogP contribution in [0.1, 0.15) is 33.3 Å². The Morgan fingerprint density at radius 1 is 1.11 bits per heavy atom. The molecule has 96 valence electrons. The van der Waals surface area contributed by atoms with Crippen molar-refractivity contribution in [2.45, 2.75) is 33.1 Å². The van der Waals surface area contributed by atoms with E-state index < -0.39 is 0 Å². The molecule has 0 aliphatic carbocycles. The molecule has 0 heterocycles. The van der Waals surface area contributed by atoms with Crippen molar-refractivity contribution in [3.8, 4) is 0 Å². The second kappa shape index (κ2) is 6.20. The molecule has 0 fully saturated rings. The van der Waals surface area contributed by atoms with Crippen molar-refractivity contribution in [3.63, 3.8) is 0 Å². The number of hydrogen-bond donors (Lipinski definition) is 1. The Balaban J connectivity index is 2.67. The van der Waals surface area contributed by atoms with Crippen LogP contribution in [0.3, 0.4) is 0 Å². The fourth-order valence-electron chi connectivity index (χ4n) is 1.49. The maximum Gasteiger partial charge on any atom is 0.248 e. The molecule has 2 nitrogen and oxygen atoms in total. The molecule has 0 radical (unpaired) electrons. The van der Waals surface area contributed by atoms with Gasteiger partial charge in [-0.05, 0) is 30.0 Å². The van der Waals surface area contributed by atoms with Crippen molar-refractivity contribution in [2.75, 3.05) is 5.32 Å². The number of anilines is 1. The Morgan fingerprint density at radius 3 is 2.22 bits per heavy atom. The van der Waals surface area contributed by atoms with Crippen LogP contribution in [-0.4, -0.2) is 5.91 Å². The van der Waals surface area contributed by atoms with Crippen LogP contribution in [0.5, 0.6) is 0 Å². The topological polar surface area (TPSA) is 29.1 Å². The van der Waals surface area contributed by atoms with E-state index in [-0.39, 0.29) is 11.3 Å². The van der Waals surface area contributed by atoms with Gasteiger partial charge in [0.1, 0.15) is 0 Å². The molecule has 0 aliphatic rings. The van der Waals surface area contributed by atoms with Gasteiger partial charge < -0.3 is 5.32 Å². The van der Waals surface area contributed by atoms with Gasteiger partial charge in [-0.15, -0.1) is 0 Å². The Labute approximate surface area is 109 Å². The number of nitrogens with one attached hydrogen (secondary N) is 1. The van der Waals surface area contributed by atoms with Gasteiger partial charge in [-0.25, -0.2) is 0 Å². The largest absolute Gasteiger partial charge is 0.323 e. The van der Waals surface area contributed by atoms with Gasteiger partial charge in [0.05, 0.1) is 0 Å². The molecule has 2 heteroatoms. The SMILES string of the molecule is CC=CC=CC(=O)Nc1ccc(C(C)(C)C)cc1. The van der Waals surface area contributed by atoms with Gasteiger partial charge in [-0.3, -0.25) is 4.79 Å². The fourth-order valence-corrected chi connectivity index (χ4v) is 1.49. The van der Waals surface area contributed by atoms with Crippen LogP contribution >= 0.6 is 0 Å². The molecule has 0 atom stereocenters. The Hall–Kier alpha value is -1.83. The van der Waals surface area contributed by atoms with E-state index >= 15 is 0 Å². The van der Waals surface area contributed by atoms with Gasteiger partial charge in [-0.1, -0.05) is 51.1 Å². The molecule has 1 amide bonds. The average Bonchev–Trinajstić information content (AvgIpc) is 2.29. The zero-order valence-electron chi connectivity index (χ0n) is 11.5. The van der Waals surface area contributed by atoms with Gasteiger partial charge >= 0.3 is 0 Å². The van der Waals surface area contributed by atoms with Crippen LogP contribution in [0.15, 0.2) is 48.6 Å². The predicted molar refractivity (Wildman–Crippen MR) is 77.7 cm³/mol. The first-order valence-corrected chi connectivity index (χ1v) is 6.14. The Bertz CT molecular complexity index is 447. The molecule has 18 heavy (non-hydrogen) atoms. The van der Waals surface area contributed by atoms with Crippen LogP contribution in [0.2, 0.25) is 0 Å².